The molecule has 0 bridgehead atoms. The zero-order chi connectivity index (χ0) is 28.4. The number of guanidine groups is 2. The number of nitrogens with two attached hydrogens (primary N) is 4. The monoisotopic (exact) mass is 672 g/mol. The first-order valence-electron chi connectivity index (χ1n) is 10.1. The summed E-state index contributed by atoms with van der Waals surface area (Å²) in [4.78, 5) is 7.38. The molecule has 17 heteroatoms. The molecule has 0 aliphatic heterocycles. The molecule has 37 heavy (non-hydrogen) atoms. The number of ether oxygens (including phenoxy) is 2. The maximum atomic E-state index is 9.49. The number of nitrogens with zero attached hydrogens (tertiary/aromatic N) is 2. The van der Waals surface area contributed by atoms with E-state index in [-0.39, 0.29) is 38.2 Å². The van der Waals surface area contributed by atoms with Gasteiger partial charge in [-0.1, -0.05) is 24.3 Å². The van der Waals surface area contributed by atoms with E-state index < -0.39 is 22.6 Å². The first-order valence-corrected chi connectivity index (χ1v) is 13.1. The molecule has 0 saturated carbocycles. The summed E-state index contributed by atoms with van der Waals surface area (Å²) in [6.07, 6.45) is -1.46. The molecule has 2 atom stereocenters. The number of aliphatic hydroxyl groups excluding tert-OH is 2. The Morgan fingerprint density at radius 3 is 1.32 bits per heavy atom. The Morgan fingerprint density at radius 1 is 0.757 bits per heavy atom. The van der Waals surface area contributed by atoms with Gasteiger partial charge in [0.05, 0.1) is 22.0 Å². The van der Waals surface area contributed by atoms with E-state index in [0.717, 1.165) is 8.95 Å². The minimum absolute atomic E-state index is 0.0417. The van der Waals surface area contributed by atoms with Gasteiger partial charge >= 0.3 is 10.4 Å². The quantitative estimate of drug-likeness (QED) is 0.0960. The van der Waals surface area contributed by atoms with Crippen LogP contribution in [-0.4, -0.2) is 78.2 Å². The van der Waals surface area contributed by atoms with Gasteiger partial charge in [-0.15, -0.1) is 0 Å². The number of halogens is 2. The lowest BCUT2D eigenvalue weighted by Crippen LogP contribution is -2.27. The second-order valence-corrected chi connectivity index (χ2v) is 9.37. The van der Waals surface area contributed by atoms with Crippen LogP contribution in [0.3, 0.4) is 0 Å². The molecule has 2 unspecified atom stereocenters. The topological polar surface area (TPSA) is 262 Å². The van der Waals surface area contributed by atoms with E-state index in [1.54, 1.807) is 12.1 Å². The second-order valence-electron chi connectivity index (χ2n) is 6.77. The van der Waals surface area contributed by atoms with E-state index in [1.807, 2.05) is 36.4 Å². The predicted octanol–water partition coefficient (Wildman–Crippen LogP) is 0.272. The minimum Gasteiger partial charge on any atom is -0.490 e. The third-order valence-electron chi connectivity index (χ3n) is 3.50. The Hall–Kier alpha value is -2.67. The normalized spacial score (nSPS) is 11.8. The molecule has 0 heterocycles. The van der Waals surface area contributed by atoms with E-state index >= 15 is 0 Å². The van der Waals surface area contributed by atoms with Gasteiger partial charge in [-0.25, -0.2) is 0 Å². The van der Waals surface area contributed by atoms with Gasteiger partial charge in [0.25, 0.3) is 0 Å². The highest BCUT2D eigenvalue weighted by molar-refractivity contribution is 9.10. The van der Waals surface area contributed by atoms with Gasteiger partial charge in [-0.05, 0) is 56.1 Å². The summed E-state index contributed by atoms with van der Waals surface area (Å²) in [5.41, 5.74) is 20.6. The van der Waals surface area contributed by atoms with Crippen LogP contribution in [0.15, 0.2) is 67.5 Å². The molecule has 208 valence electrons. The number of hydrogen-bond acceptors (Lipinski definition) is 8. The van der Waals surface area contributed by atoms with Gasteiger partial charge in [-0.3, -0.25) is 19.1 Å². The van der Waals surface area contributed by atoms with Gasteiger partial charge in [0.15, 0.2) is 11.9 Å². The average molecular weight is 674 g/mol. The Kier molecular flexibility index (Phi) is 17.2. The van der Waals surface area contributed by atoms with Gasteiger partial charge in [0, 0.05) is 0 Å². The standard InChI is InChI=1S/2C10H14BrN3O2.H2O4S/c2*11-8-3-1-2-4-9(8)16-6-7(15)5-14-10(12)13;1-5(2,3)4/h2*1-4,7,15H,5-6H2,(H4,12,13,14);(H2,1,2,3,4). The lowest BCUT2D eigenvalue weighted by atomic mass is 10.3. The SMILES string of the molecule is NC(N)=NCC(O)COc1ccccc1Br.NC(N)=NCC(O)COc1ccccc1Br.O=S(=O)(O)O. The van der Waals surface area contributed by atoms with Crippen LogP contribution in [-0.2, 0) is 10.4 Å². The van der Waals surface area contributed by atoms with Gasteiger partial charge < -0.3 is 42.6 Å². The van der Waals surface area contributed by atoms with Crippen molar-refractivity contribution in [1.29, 1.82) is 0 Å². The van der Waals surface area contributed by atoms with Crippen molar-refractivity contribution in [3.8, 4) is 11.5 Å². The summed E-state index contributed by atoms with van der Waals surface area (Å²) in [5, 5.41) is 19.0. The van der Waals surface area contributed by atoms with E-state index in [1.165, 1.54) is 0 Å². The van der Waals surface area contributed by atoms with Crippen LogP contribution >= 0.6 is 31.9 Å². The van der Waals surface area contributed by atoms with Crippen LogP contribution < -0.4 is 32.4 Å². The van der Waals surface area contributed by atoms with Gasteiger partial charge in [0.2, 0.25) is 0 Å². The molecule has 0 fully saturated rings. The summed E-state index contributed by atoms with van der Waals surface area (Å²) in [7, 11) is -4.67. The number of rotatable bonds is 10. The van der Waals surface area contributed by atoms with Crippen LogP contribution in [0.1, 0.15) is 0 Å². The summed E-state index contributed by atoms with van der Waals surface area (Å²) in [6.45, 7) is 0.540. The molecule has 0 aliphatic rings. The summed E-state index contributed by atoms with van der Waals surface area (Å²) >= 11 is 6.67. The maximum Gasteiger partial charge on any atom is 0.394 e. The maximum absolute atomic E-state index is 9.49. The highest BCUT2D eigenvalue weighted by Crippen LogP contribution is 2.24. The van der Waals surface area contributed by atoms with E-state index in [0.29, 0.717) is 11.5 Å². The van der Waals surface area contributed by atoms with Gasteiger partial charge in [-0.2, -0.15) is 8.42 Å². The molecular weight excluding hydrogens is 644 g/mol. The fourth-order valence-corrected chi connectivity index (χ4v) is 2.82. The van der Waals surface area contributed by atoms with Crippen molar-refractivity contribution >= 4 is 54.2 Å². The van der Waals surface area contributed by atoms with Gasteiger partial charge in [0.1, 0.15) is 36.9 Å². The number of benzene rings is 2. The fourth-order valence-electron chi connectivity index (χ4n) is 2.02. The van der Waals surface area contributed by atoms with Crippen molar-refractivity contribution in [2.45, 2.75) is 12.2 Å². The molecule has 0 radical (unpaired) electrons. The highest BCUT2D eigenvalue weighted by atomic mass is 79.9. The van der Waals surface area contributed by atoms with Crippen LogP contribution in [0.25, 0.3) is 0 Å². The number of para-hydroxylation sites is 2. The lowest BCUT2D eigenvalue weighted by Gasteiger charge is -2.11. The van der Waals surface area contributed by atoms with Crippen molar-refractivity contribution in [1.82, 2.24) is 0 Å². The molecule has 0 saturated heterocycles. The largest absolute Gasteiger partial charge is 0.490 e. The first-order chi connectivity index (χ1) is 17.2. The van der Waals surface area contributed by atoms with Crippen LogP contribution in [0.2, 0.25) is 0 Å². The number of aliphatic imine (C=N–C) groups is 2. The molecule has 2 aromatic carbocycles. The molecule has 2 rings (SSSR count). The van der Waals surface area contributed by atoms with Crippen molar-refractivity contribution in [2.75, 3.05) is 26.3 Å². The smallest absolute Gasteiger partial charge is 0.394 e. The molecule has 0 spiro atoms. The minimum atomic E-state index is -4.67. The Balaban J connectivity index is 0.000000594. The lowest BCUT2D eigenvalue weighted by molar-refractivity contribution is 0.114. The summed E-state index contributed by atoms with van der Waals surface area (Å²) < 4.78 is 44.0. The summed E-state index contributed by atoms with van der Waals surface area (Å²) in [5.74, 6) is 1.26. The van der Waals surface area contributed by atoms with Crippen LogP contribution in [0, 0.1) is 0 Å². The Labute approximate surface area is 231 Å². The third kappa shape index (κ3) is 21.1. The summed E-state index contributed by atoms with van der Waals surface area (Å²) in [6, 6.07) is 14.8. The molecule has 14 nitrogen and oxygen atoms in total. The Morgan fingerprint density at radius 2 is 1.05 bits per heavy atom. The van der Waals surface area contributed by atoms with E-state index in [4.69, 9.17) is 49.9 Å². The first kappa shape index (κ1) is 34.3. The number of aliphatic hydroxyl groups is 2. The molecule has 0 aromatic heterocycles. The van der Waals surface area contributed by atoms with E-state index in [9.17, 15) is 10.2 Å². The highest BCUT2D eigenvalue weighted by Gasteiger charge is 2.07. The average Bonchev–Trinajstić information content (AvgIpc) is 2.79. The second kappa shape index (κ2) is 18.6. The van der Waals surface area contributed by atoms with Crippen LogP contribution in [0.4, 0.5) is 0 Å². The van der Waals surface area contributed by atoms with Crippen molar-refractivity contribution in [3.63, 3.8) is 0 Å². The zero-order valence-electron chi connectivity index (χ0n) is 19.4. The van der Waals surface area contributed by atoms with Crippen molar-refractivity contribution in [3.05, 3.63) is 57.5 Å². The molecule has 2 aromatic rings. The van der Waals surface area contributed by atoms with Crippen LogP contribution in [0.5, 0.6) is 11.5 Å². The third-order valence-corrected chi connectivity index (χ3v) is 4.82. The zero-order valence-corrected chi connectivity index (χ0v) is 23.4. The molecule has 0 amide bonds. The predicted molar refractivity (Wildman–Crippen MR) is 147 cm³/mol. The van der Waals surface area contributed by atoms with E-state index in [2.05, 4.69) is 41.8 Å². The molecular formula is C20H30Br2N6O8S. The van der Waals surface area contributed by atoms with Crippen molar-refractivity contribution in [2.24, 2.45) is 32.9 Å². The molecule has 0 aliphatic carbocycles. The van der Waals surface area contributed by atoms with Crippen molar-refractivity contribution < 1.29 is 37.2 Å². The molecule has 12 N–H and O–H groups in total. The Bertz CT molecular complexity index is 1020. The fraction of sp³-hybridized carbons (Fsp3) is 0.300. The number of hydrogen-bond donors (Lipinski definition) is 8.